The summed E-state index contributed by atoms with van der Waals surface area (Å²) in [5, 5.41) is 3.62. The fraction of sp³-hybridized carbons (Fsp3) is 0.538. The highest BCUT2D eigenvalue weighted by atomic mass is 79.9. The Morgan fingerprint density at radius 3 is 2.65 bits per heavy atom. The molecule has 3 nitrogen and oxygen atoms in total. The minimum Gasteiger partial charge on any atom is -0.454 e. The molecule has 1 fully saturated rings. The first kappa shape index (κ1) is 11.4. The van der Waals surface area contributed by atoms with E-state index in [9.17, 15) is 0 Å². The molecular weight excluding hydrogens is 282 g/mol. The Kier molecular flexibility index (Phi) is 2.79. The second-order valence-electron chi connectivity index (χ2n) is 5.06. The summed E-state index contributed by atoms with van der Waals surface area (Å²) in [6, 6.07) is 4.05. The van der Waals surface area contributed by atoms with Gasteiger partial charge in [-0.05, 0) is 43.9 Å². The summed E-state index contributed by atoms with van der Waals surface area (Å²) < 4.78 is 11.8. The molecule has 3 rings (SSSR count). The third kappa shape index (κ3) is 2.16. The van der Waals surface area contributed by atoms with Crippen LogP contribution in [0, 0.1) is 0 Å². The van der Waals surface area contributed by atoms with E-state index in [2.05, 4.69) is 34.2 Å². The second-order valence-corrected chi connectivity index (χ2v) is 5.92. The van der Waals surface area contributed by atoms with Crippen LogP contribution in [0.1, 0.15) is 31.7 Å². The van der Waals surface area contributed by atoms with Crippen molar-refractivity contribution in [3.63, 3.8) is 0 Å². The van der Waals surface area contributed by atoms with Gasteiger partial charge in [0.05, 0.1) is 0 Å². The highest BCUT2D eigenvalue weighted by Crippen LogP contribution is 2.37. The maximum Gasteiger partial charge on any atom is 0.231 e. The molecule has 92 valence electrons. The summed E-state index contributed by atoms with van der Waals surface area (Å²) >= 11 is 3.58. The molecule has 0 atom stereocenters. The lowest BCUT2D eigenvalue weighted by atomic mass is 9.78. The van der Waals surface area contributed by atoms with Gasteiger partial charge in [-0.3, -0.25) is 0 Å². The maximum atomic E-state index is 5.40. The van der Waals surface area contributed by atoms with E-state index in [4.69, 9.17) is 9.47 Å². The average Bonchev–Trinajstić information content (AvgIpc) is 2.70. The molecule has 0 saturated heterocycles. The predicted octanol–water partition coefficient (Wildman–Crippen LogP) is 3.21. The van der Waals surface area contributed by atoms with Crippen LogP contribution in [0.2, 0.25) is 0 Å². The minimum atomic E-state index is 0.329. The average molecular weight is 298 g/mol. The molecule has 0 aromatic heterocycles. The molecule has 1 aromatic rings. The van der Waals surface area contributed by atoms with Crippen molar-refractivity contribution in [2.24, 2.45) is 0 Å². The molecule has 0 unspecified atom stereocenters. The Morgan fingerprint density at radius 1 is 1.29 bits per heavy atom. The van der Waals surface area contributed by atoms with E-state index >= 15 is 0 Å². The number of rotatable bonds is 3. The number of nitrogens with one attached hydrogen (secondary N) is 1. The van der Waals surface area contributed by atoms with Crippen LogP contribution in [-0.4, -0.2) is 12.3 Å². The van der Waals surface area contributed by atoms with Crippen molar-refractivity contribution in [1.29, 1.82) is 0 Å². The minimum absolute atomic E-state index is 0.329. The van der Waals surface area contributed by atoms with Gasteiger partial charge in [0.2, 0.25) is 6.79 Å². The van der Waals surface area contributed by atoms with Crippen LogP contribution >= 0.6 is 15.9 Å². The monoisotopic (exact) mass is 297 g/mol. The first-order valence-electron chi connectivity index (χ1n) is 5.99. The second kappa shape index (κ2) is 4.18. The van der Waals surface area contributed by atoms with Gasteiger partial charge in [0.1, 0.15) is 0 Å². The van der Waals surface area contributed by atoms with Crippen LogP contribution in [0.5, 0.6) is 11.5 Å². The van der Waals surface area contributed by atoms with Crippen LogP contribution in [0.15, 0.2) is 16.6 Å². The van der Waals surface area contributed by atoms with Gasteiger partial charge >= 0.3 is 0 Å². The Labute approximate surface area is 110 Å². The molecular formula is C13H16BrNO2. The Balaban J connectivity index is 1.74. The van der Waals surface area contributed by atoms with Gasteiger partial charge in [-0.2, -0.15) is 0 Å². The zero-order valence-corrected chi connectivity index (χ0v) is 11.5. The van der Waals surface area contributed by atoms with Gasteiger partial charge in [0.25, 0.3) is 0 Å². The maximum absolute atomic E-state index is 5.40. The number of fused-ring (bicyclic) bond motifs is 1. The number of hydrogen-bond donors (Lipinski definition) is 1. The first-order valence-corrected chi connectivity index (χ1v) is 6.79. The largest absolute Gasteiger partial charge is 0.454 e. The third-order valence-electron chi connectivity index (χ3n) is 3.70. The molecule has 1 aromatic carbocycles. The molecule has 4 heteroatoms. The summed E-state index contributed by atoms with van der Waals surface area (Å²) in [5.41, 5.74) is 1.55. The van der Waals surface area contributed by atoms with E-state index in [1.807, 2.05) is 6.07 Å². The van der Waals surface area contributed by atoms with E-state index < -0.39 is 0 Å². The lowest BCUT2D eigenvalue weighted by molar-refractivity contribution is 0.174. The van der Waals surface area contributed by atoms with Crippen LogP contribution in [0.25, 0.3) is 0 Å². The summed E-state index contributed by atoms with van der Waals surface area (Å²) in [6.07, 6.45) is 3.89. The number of benzene rings is 1. The third-order valence-corrected chi connectivity index (χ3v) is 4.44. The lowest BCUT2D eigenvalue weighted by Gasteiger charge is -2.39. The van der Waals surface area contributed by atoms with Crippen molar-refractivity contribution in [1.82, 2.24) is 5.32 Å². The van der Waals surface area contributed by atoms with E-state index in [1.165, 1.54) is 24.8 Å². The first-order chi connectivity index (χ1) is 8.16. The van der Waals surface area contributed by atoms with Crippen molar-refractivity contribution in [3.8, 4) is 11.5 Å². The number of ether oxygens (including phenoxy) is 2. The molecule has 0 amide bonds. The topological polar surface area (TPSA) is 30.5 Å². The highest BCUT2D eigenvalue weighted by molar-refractivity contribution is 9.10. The number of halogens is 1. The zero-order valence-electron chi connectivity index (χ0n) is 9.88. The fourth-order valence-electron chi connectivity index (χ4n) is 2.29. The van der Waals surface area contributed by atoms with Crippen LogP contribution < -0.4 is 14.8 Å². The molecule has 2 aliphatic rings. The van der Waals surface area contributed by atoms with Gasteiger partial charge in [-0.15, -0.1) is 0 Å². The SMILES string of the molecule is CC1(NCc2cc3c(cc2Br)OCO3)CCC1. The molecule has 1 aliphatic carbocycles. The molecule has 0 radical (unpaired) electrons. The zero-order chi connectivity index (χ0) is 11.9. The number of hydrogen-bond acceptors (Lipinski definition) is 3. The van der Waals surface area contributed by atoms with Crippen molar-refractivity contribution >= 4 is 15.9 Å². The molecule has 1 heterocycles. The van der Waals surface area contributed by atoms with Crippen molar-refractivity contribution in [3.05, 3.63) is 22.2 Å². The predicted molar refractivity (Wildman–Crippen MR) is 69.4 cm³/mol. The van der Waals surface area contributed by atoms with Crippen LogP contribution in [0.3, 0.4) is 0 Å². The normalized spacial score (nSPS) is 20.1. The Bertz CT molecular complexity index is 443. The van der Waals surface area contributed by atoms with E-state index in [0.717, 1.165) is 22.5 Å². The van der Waals surface area contributed by atoms with Gasteiger partial charge < -0.3 is 14.8 Å². The standard InChI is InChI=1S/C13H16BrNO2/c1-13(3-2-4-13)15-7-9-5-11-12(6-10(9)14)17-8-16-11/h5-6,15H,2-4,7-8H2,1H3. The van der Waals surface area contributed by atoms with Crippen molar-refractivity contribution < 1.29 is 9.47 Å². The van der Waals surface area contributed by atoms with E-state index in [1.54, 1.807) is 0 Å². The molecule has 1 aliphatic heterocycles. The summed E-state index contributed by atoms with van der Waals surface area (Å²) in [5.74, 6) is 1.68. The smallest absolute Gasteiger partial charge is 0.231 e. The van der Waals surface area contributed by atoms with Crippen LogP contribution in [-0.2, 0) is 6.54 Å². The lowest BCUT2D eigenvalue weighted by Crippen LogP contribution is -2.47. The Morgan fingerprint density at radius 2 is 2.00 bits per heavy atom. The van der Waals surface area contributed by atoms with Gasteiger partial charge in [-0.25, -0.2) is 0 Å². The van der Waals surface area contributed by atoms with Crippen molar-refractivity contribution in [2.45, 2.75) is 38.3 Å². The summed E-state index contributed by atoms with van der Waals surface area (Å²) in [7, 11) is 0. The molecule has 17 heavy (non-hydrogen) atoms. The quantitative estimate of drug-likeness (QED) is 0.929. The molecule has 1 saturated carbocycles. The fourth-order valence-corrected chi connectivity index (χ4v) is 2.75. The molecule has 1 N–H and O–H groups in total. The summed E-state index contributed by atoms with van der Waals surface area (Å²) in [6.45, 7) is 3.49. The Hall–Kier alpha value is -0.740. The molecule has 0 spiro atoms. The van der Waals surface area contributed by atoms with Gasteiger partial charge in [-0.1, -0.05) is 15.9 Å². The van der Waals surface area contributed by atoms with E-state index in [0.29, 0.717) is 12.3 Å². The van der Waals surface area contributed by atoms with Gasteiger partial charge in [0, 0.05) is 16.6 Å². The van der Waals surface area contributed by atoms with E-state index in [-0.39, 0.29) is 0 Å². The van der Waals surface area contributed by atoms with Gasteiger partial charge in [0.15, 0.2) is 11.5 Å². The molecule has 0 bridgehead atoms. The highest BCUT2D eigenvalue weighted by Gasteiger charge is 2.31. The van der Waals surface area contributed by atoms with Crippen molar-refractivity contribution in [2.75, 3.05) is 6.79 Å². The summed E-state index contributed by atoms with van der Waals surface area (Å²) in [4.78, 5) is 0. The van der Waals surface area contributed by atoms with Crippen LogP contribution in [0.4, 0.5) is 0 Å².